The number of ether oxygens (including phenoxy) is 1. The Morgan fingerprint density at radius 2 is 2.10 bits per heavy atom. The molecule has 0 radical (unpaired) electrons. The molecule has 1 unspecified atom stereocenters. The van der Waals surface area contributed by atoms with Gasteiger partial charge in [0.2, 0.25) is 11.8 Å². The second kappa shape index (κ2) is 9.52. The van der Waals surface area contributed by atoms with Gasteiger partial charge < -0.3 is 24.9 Å². The average Bonchev–Trinajstić information content (AvgIpc) is 3.22. The number of hydrogen-bond acceptors (Lipinski definition) is 5. The van der Waals surface area contributed by atoms with E-state index in [-0.39, 0.29) is 53.5 Å². The third kappa shape index (κ3) is 4.72. The predicted octanol–water partition coefficient (Wildman–Crippen LogP) is 2.49. The molecule has 2 saturated carbocycles. The Morgan fingerprint density at radius 3 is 2.77 bits per heavy atom. The molecular formula is C23H36N2O5. The molecule has 1 heterocycles. The Labute approximate surface area is 178 Å². The second-order valence-electron chi connectivity index (χ2n) is 9.46. The Bertz CT molecular complexity index is 721. The molecule has 2 aliphatic carbocycles. The monoisotopic (exact) mass is 420 g/mol. The first-order chi connectivity index (χ1) is 14.3. The highest BCUT2D eigenvalue weighted by molar-refractivity contribution is 5.78. The van der Waals surface area contributed by atoms with E-state index in [1.165, 1.54) is 7.11 Å². The van der Waals surface area contributed by atoms with Crippen LogP contribution >= 0.6 is 0 Å². The van der Waals surface area contributed by atoms with Crippen LogP contribution in [0.2, 0.25) is 0 Å². The van der Waals surface area contributed by atoms with Crippen LogP contribution in [0, 0.1) is 29.1 Å². The molecule has 2 aliphatic rings. The van der Waals surface area contributed by atoms with Gasteiger partial charge in [-0.05, 0) is 61.0 Å². The van der Waals surface area contributed by atoms with Gasteiger partial charge in [0.05, 0.1) is 18.9 Å². The van der Waals surface area contributed by atoms with Crippen molar-refractivity contribution in [3.05, 3.63) is 24.2 Å². The molecule has 1 aromatic rings. The first-order valence-electron chi connectivity index (χ1n) is 11.0. The lowest BCUT2D eigenvalue weighted by Gasteiger charge is -2.56. The molecule has 168 valence electrons. The summed E-state index contributed by atoms with van der Waals surface area (Å²) < 4.78 is 10.2. The maximum atomic E-state index is 12.8. The van der Waals surface area contributed by atoms with Gasteiger partial charge in [-0.1, -0.05) is 20.8 Å². The Balaban J connectivity index is 1.66. The van der Waals surface area contributed by atoms with Gasteiger partial charge in [0.15, 0.2) is 0 Å². The van der Waals surface area contributed by atoms with Crippen LogP contribution in [0.3, 0.4) is 0 Å². The molecule has 7 nitrogen and oxygen atoms in total. The minimum Gasteiger partial charge on any atom is -0.467 e. The van der Waals surface area contributed by atoms with E-state index in [4.69, 9.17) is 9.15 Å². The molecule has 7 atom stereocenters. The maximum absolute atomic E-state index is 12.8. The summed E-state index contributed by atoms with van der Waals surface area (Å²) in [5.41, 5.74) is 0.0299. The standard InChI is InChI=1S/C23H36N2O5/c1-14(22(28)24-12-16-6-5-11-30-16)17-7-9-23(3)10-8-18(25-19(26)13-29-4)15(2)20(23)21(17)27/h5-6,11,14-15,17-18,20-21,27H,7-10,12-13H2,1-4H3,(H,24,28)(H,25,26)/t14-,15+,17?,18-,20+,21-,23-/m0/s1. The molecule has 0 bridgehead atoms. The van der Waals surface area contributed by atoms with Crippen molar-refractivity contribution < 1.29 is 23.8 Å². The molecule has 0 saturated heterocycles. The summed E-state index contributed by atoms with van der Waals surface area (Å²) in [7, 11) is 1.51. The van der Waals surface area contributed by atoms with E-state index < -0.39 is 6.10 Å². The normalized spacial score (nSPS) is 34.6. The molecule has 0 spiro atoms. The molecule has 30 heavy (non-hydrogen) atoms. The maximum Gasteiger partial charge on any atom is 0.246 e. The van der Waals surface area contributed by atoms with Gasteiger partial charge in [-0.25, -0.2) is 0 Å². The molecule has 1 aromatic heterocycles. The topological polar surface area (TPSA) is 101 Å². The van der Waals surface area contributed by atoms with E-state index in [0.717, 1.165) is 25.7 Å². The summed E-state index contributed by atoms with van der Waals surface area (Å²) in [6.45, 7) is 6.67. The van der Waals surface area contributed by atoms with Gasteiger partial charge in [-0.15, -0.1) is 0 Å². The highest BCUT2D eigenvalue weighted by Gasteiger charge is 2.53. The Morgan fingerprint density at radius 1 is 1.37 bits per heavy atom. The van der Waals surface area contributed by atoms with Crippen LogP contribution in [0.5, 0.6) is 0 Å². The fourth-order valence-corrected chi connectivity index (χ4v) is 5.82. The summed E-state index contributed by atoms with van der Waals surface area (Å²) in [5, 5.41) is 17.4. The summed E-state index contributed by atoms with van der Waals surface area (Å²) in [6.07, 6.45) is 4.69. The number of fused-ring (bicyclic) bond motifs is 1. The molecule has 0 aliphatic heterocycles. The van der Waals surface area contributed by atoms with E-state index in [1.54, 1.807) is 12.3 Å². The Kier molecular flexibility index (Phi) is 7.24. The summed E-state index contributed by atoms with van der Waals surface area (Å²) in [5.74, 6) is 0.297. The van der Waals surface area contributed by atoms with Crippen molar-refractivity contribution in [1.29, 1.82) is 0 Å². The third-order valence-electron chi connectivity index (χ3n) is 7.58. The van der Waals surface area contributed by atoms with E-state index in [1.807, 2.05) is 13.0 Å². The summed E-state index contributed by atoms with van der Waals surface area (Å²) >= 11 is 0. The van der Waals surface area contributed by atoms with E-state index in [0.29, 0.717) is 12.3 Å². The highest BCUT2D eigenvalue weighted by atomic mass is 16.5. The van der Waals surface area contributed by atoms with E-state index in [9.17, 15) is 14.7 Å². The smallest absolute Gasteiger partial charge is 0.246 e. The third-order valence-corrected chi connectivity index (χ3v) is 7.58. The number of carbonyl (C=O) groups is 2. The number of furan rings is 1. The van der Waals surface area contributed by atoms with Crippen LogP contribution in [0.1, 0.15) is 52.2 Å². The van der Waals surface area contributed by atoms with Gasteiger partial charge in [0, 0.05) is 19.1 Å². The SMILES string of the molecule is COCC(=O)N[C@H]1CC[C@]2(C)CCC([C@H](C)C(=O)NCc3ccco3)[C@H](O)[C@H]2[C@@H]1C. The summed E-state index contributed by atoms with van der Waals surface area (Å²) in [6, 6.07) is 3.64. The number of carbonyl (C=O) groups excluding carboxylic acids is 2. The zero-order valence-electron chi connectivity index (χ0n) is 18.5. The first-order valence-corrected chi connectivity index (χ1v) is 11.0. The van der Waals surface area contributed by atoms with Crippen LogP contribution < -0.4 is 10.6 Å². The van der Waals surface area contributed by atoms with Gasteiger partial charge >= 0.3 is 0 Å². The first kappa shape index (κ1) is 22.8. The molecule has 3 rings (SSSR count). The number of rotatable bonds is 7. The van der Waals surface area contributed by atoms with E-state index >= 15 is 0 Å². The zero-order chi connectivity index (χ0) is 21.9. The molecule has 2 fully saturated rings. The van der Waals surface area contributed by atoms with Crippen molar-refractivity contribution in [1.82, 2.24) is 10.6 Å². The molecule has 2 amide bonds. The number of hydrogen-bond donors (Lipinski definition) is 3. The molecule has 3 N–H and O–H groups in total. The molecule has 0 aromatic carbocycles. The van der Waals surface area contributed by atoms with Gasteiger partial charge in [0.25, 0.3) is 0 Å². The van der Waals surface area contributed by atoms with Crippen molar-refractivity contribution in [2.45, 2.75) is 65.1 Å². The van der Waals surface area contributed by atoms with Crippen molar-refractivity contribution in [2.75, 3.05) is 13.7 Å². The van der Waals surface area contributed by atoms with E-state index in [2.05, 4.69) is 24.5 Å². The number of aliphatic hydroxyl groups excluding tert-OH is 1. The fourth-order valence-electron chi connectivity index (χ4n) is 5.82. The number of methoxy groups -OCH3 is 1. The highest BCUT2D eigenvalue weighted by Crippen LogP contribution is 2.55. The van der Waals surface area contributed by atoms with Gasteiger partial charge in [-0.3, -0.25) is 9.59 Å². The lowest BCUT2D eigenvalue weighted by Crippen LogP contribution is -2.58. The number of amides is 2. The predicted molar refractivity (Wildman–Crippen MR) is 112 cm³/mol. The Hall–Kier alpha value is -1.86. The minimum atomic E-state index is -0.578. The zero-order valence-corrected chi connectivity index (χ0v) is 18.5. The van der Waals surface area contributed by atoms with Crippen molar-refractivity contribution in [3.63, 3.8) is 0 Å². The molecule has 7 heteroatoms. The van der Waals surface area contributed by atoms with Crippen molar-refractivity contribution in [2.24, 2.45) is 29.1 Å². The fraction of sp³-hybridized carbons (Fsp3) is 0.739. The molecular weight excluding hydrogens is 384 g/mol. The largest absolute Gasteiger partial charge is 0.467 e. The average molecular weight is 421 g/mol. The lowest BCUT2D eigenvalue weighted by atomic mass is 9.51. The summed E-state index contributed by atoms with van der Waals surface area (Å²) in [4.78, 5) is 24.8. The van der Waals surface area contributed by atoms with Crippen molar-refractivity contribution in [3.8, 4) is 0 Å². The van der Waals surface area contributed by atoms with Crippen LogP contribution in [-0.4, -0.2) is 42.8 Å². The van der Waals surface area contributed by atoms with Crippen molar-refractivity contribution >= 4 is 11.8 Å². The quantitative estimate of drug-likeness (QED) is 0.629. The lowest BCUT2D eigenvalue weighted by molar-refractivity contribution is -0.144. The van der Waals surface area contributed by atoms with Gasteiger partial charge in [-0.2, -0.15) is 0 Å². The number of nitrogens with one attached hydrogen (secondary N) is 2. The minimum absolute atomic E-state index is 0.0159. The van der Waals surface area contributed by atoms with Crippen LogP contribution in [0.25, 0.3) is 0 Å². The van der Waals surface area contributed by atoms with Crippen LogP contribution in [-0.2, 0) is 20.9 Å². The van der Waals surface area contributed by atoms with Gasteiger partial charge in [0.1, 0.15) is 12.4 Å². The van der Waals surface area contributed by atoms with Crippen LogP contribution in [0.4, 0.5) is 0 Å². The number of aliphatic hydroxyl groups is 1. The second-order valence-corrected chi connectivity index (χ2v) is 9.46. The van der Waals surface area contributed by atoms with Crippen LogP contribution in [0.15, 0.2) is 22.8 Å².